The molecule has 1 N–H and O–H groups in total. The molecule has 178 valence electrons. The van der Waals surface area contributed by atoms with E-state index >= 15 is 0 Å². The second-order valence-electron chi connectivity index (χ2n) is 7.29. The first-order valence-corrected chi connectivity index (χ1v) is 11.9. The predicted octanol–water partition coefficient (Wildman–Crippen LogP) is 4.21. The molecule has 11 heteroatoms. The normalized spacial score (nSPS) is 11.5. The van der Waals surface area contributed by atoms with Crippen LogP contribution in [-0.4, -0.2) is 36.7 Å². The van der Waals surface area contributed by atoms with Crippen molar-refractivity contribution in [3.8, 4) is 28.8 Å². The van der Waals surface area contributed by atoms with Gasteiger partial charge in [-0.25, -0.2) is 18.4 Å². The maximum absolute atomic E-state index is 13.2. The van der Waals surface area contributed by atoms with Gasteiger partial charge in [-0.3, -0.25) is 9.71 Å². The van der Waals surface area contributed by atoms with Gasteiger partial charge in [0.2, 0.25) is 10.0 Å². The van der Waals surface area contributed by atoms with Gasteiger partial charge in [-0.1, -0.05) is 18.8 Å². The molecule has 0 radical (unpaired) electrons. The molecule has 0 aliphatic carbocycles. The highest BCUT2D eigenvalue weighted by molar-refractivity contribution is 7.92. The number of hydrogen-bond donors (Lipinski definition) is 1. The Morgan fingerprint density at radius 2 is 1.85 bits per heavy atom. The smallest absolute Gasteiger partial charge is 0.416 e. The first-order chi connectivity index (χ1) is 15.9. The average Bonchev–Trinajstić information content (AvgIpc) is 2.77. The highest BCUT2D eigenvalue weighted by Gasteiger charge is 2.31. The van der Waals surface area contributed by atoms with Crippen LogP contribution in [0.5, 0.6) is 5.75 Å². The third kappa shape index (κ3) is 5.82. The summed E-state index contributed by atoms with van der Waals surface area (Å²) in [4.78, 5) is 12.7. The molecule has 2 heterocycles. The number of ether oxygens (including phenoxy) is 1. The largest absolute Gasteiger partial charge is 0.496 e. The molecule has 0 bridgehead atoms. The van der Waals surface area contributed by atoms with E-state index in [4.69, 9.17) is 4.74 Å². The van der Waals surface area contributed by atoms with E-state index in [1.807, 2.05) is 6.92 Å². The molecule has 2 aromatic heterocycles. The van der Waals surface area contributed by atoms with Crippen molar-refractivity contribution in [2.24, 2.45) is 0 Å². The number of pyridine rings is 1. The number of nitrogens with one attached hydrogen (secondary N) is 1. The standard InChI is InChI=1S/C23H21F3N4O3S/c1-5-19-17(8-6-15-10-20(14(2)27-12-15)30-34(4,31)32)22(29-13-28-19)18-9-7-16(23(24,25)26)11-21(18)33-3/h7,9-13,30H,5H2,1-4H3. The maximum atomic E-state index is 13.2. The fourth-order valence-electron chi connectivity index (χ4n) is 3.13. The topological polar surface area (TPSA) is 94.1 Å². The van der Waals surface area contributed by atoms with Crippen LogP contribution in [0.1, 0.15) is 35.0 Å². The van der Waals surface area contributed by atoms with Gasteiger partial charge >= 0.3 is 6.18 Å². The van der Waals surface area contributed by atoms with Crippen LogP contribution >= 0.6 is 0 Å². The summed E-state index contributed by atoms with van der Waals surface area (Å²) in [5, 5.41) is 0. The number of sulfonamides is 1. The van der Waals surface area contributed by atoms with Crippen LogP contribution in [0, 0.1) is 18.8 Å². The zero-order valence-electron chi connectivity index (χ0n) is 18.8. The van der Waals surface area contributed by atoms with E-state index in [2.05, 4.69) is 31.5 Å². The second-order valence-corrected chi connectivity index (χ2v) is 9.04. The summed E-state index contributed by atoms with van der Waals surface area (Å²) in [6.07, 6.45) is -0.189. The summed E-state index contributed by atoms with van der Waals surface area (Å²) in [5.41, 5.74) is 2.01. The maximum Gasteiger partial charge on any atom is 0.416 e. The Morgan fingerprint density at radius 1 is 1.12 bits per heavy atom. The lowest BCUT2D eigenvalue weighted by atomic mass is 10.0. The van der Waals surface area contributed by atoms with Gasteiger partial charge in [-0.15, -0.1) is 0 Å². The van der Waals surface area contributed by atoms with E-state index in [1.165, 1.54) is 25.7 Å². The number of aryl methyl sites for hydroxylation is 2. The molecule has 0 aliphatic rings. The molecule has 0 fully saturated rings. The number of methoxy groups -OCH3 is 1. The number of nitrogens with zero attached hydrogens (tertiary/aromatic N) is 3. The molecule has 0 unspecified atom stereocenters. The van der Waals surface area contributed by atoms with Crippen LogP contribution in [0.25, 0.3) is 11.3 Å². The third-order valence-corrected chi connectivity index (χ3v) is 5.35. The third-order valence-electron chi connectivity index (χ3n) is 4.76. The highest BCUT2D eigenvalue weighted by atomic mass is 32.2. The van der Waals surface area contributed by atoms with Crippen LogP contribution in [-0.2, 0) is 22.6 Å². The molecule has 0 saturated heterocycles. The lowest BCUT2D eigenvalue weighted by Crippen LogP contribution is -2.11. The van der Waals surface area contributed by atoms with Gasteiger partial charge in [-0.05, 0) is 37.6 Å². The van der Waals surface area contributed by atoms with E-state index in [-0.39, 0.29) is 5.75 Å². The number of anilines is 1. The van der Waals surface area contributed by atoms with Crippen LogP contribution in [0.15, 0.2) is 36.8 Å². The number of hydrogen-bond acceptors (Lipinski definition) is 6. The summed E-state index contributed by atoms with van der Waals surface area (Å²) in [6.45, 7) is 3.52. The number of halogens is 3. The fraction of sp³-hybridized carbons (Fsp3) is 0.261. The van der Waals surface area contributed by atoms with Crippen molar-refractivity contribution in [2.45, 2.75) is 26.4 Å². The lowest BCUT2D eigenvalue weighted by Gasteiger charge is -2.14. The van der Waals surface area contributed by atoms with Crippen molar-refractivity contribution >= 4 is 15.7 Å². The predicted molar refractivity (Wildman–Crippen MR) is 122 cm³/mol. The van der Waals surface area contributed by atoms with Crippen LogP contribution in [0.2, 0.25) is 0 Å². The first-order valence-electron chi connectivity index (χ1n) is 9.99. The highest BCUT2D eigenvalue weighted by Crippen LogP contribution is 2.37. The van der Waals surface area contributed by atoms with Crippen molar-refractivity contribution in [2.75, 3.05) is 18.1 Å². The molecule has 0 amide bonds. The molecule has 7 nitrogen and oxygen atoms in total. The minimum atomic E-state index is -4.52. The van der Waals surface area contributed by atoms with Gasteiger partial charge in [0, 0.05) is 17.3 Å². The summed E-state index contributed by atoms with van der Waals surface area (Å²) >= 11 is 0. The summed E-state index contributed by atoms with van der Waals surface area (Å²) in [6, 6.07) is 4.70. The molecular weight excluding hydrogens is 469 g/mol. The van der Waals surface area contributed by atoms with E-state index in [9.17, 15) is 21.6 Å². The molecule has 1 aromatic carbocycles. The van der Waals surface area contributed by atoms with Crippen molar-refractivity contribution in [1.29, 1.82) is 0 Å². The van der Waals surface area contributed by atoms with E-state index in [1.54, 1.807) is 13.0 Å². The molecule has 0 aliphatic heterocycles. The minimum absolute atomic E-state index is 0.00438. The molecule has 0 atom stereocenters. The fourth-order valence-corrected chi connectivity index (χ4v) is 3.73. The number of aromatic nitrogens is 3. The Kier molecular flexibility index (Phi) is 7.12. The van der Waals surface area contributed by atoms with Gasteiger partial charge in [0.05, 0.1) is 47.3 Å². The van der Waals surface area contributed by atoms with Gasteiger partial charge in [0.15, 0.2) is 0 Å². The second kappa shape index (κ2) is 9.69. The zero-order chi connectivity index (χ0) is 25.1. The quantitative estimate of drug-likeness (QED) is 0.539. The molecule has 0 spiro atoms. The van der Waals surface area contributed by atoms with Gasteiger partial charge in [0.1, 0.15) is 12.1 Å². The Labute approximate surface area is 195 Å². The SMILES string of the molecule is CCc1ncnc(-c2ccc(C(F)(F)F)cc2OC)c1C#Cc1cnc(C)c(NS(C)(=O)=O)c1. The molecule has 3 rings (SSSR count). The van der Waals surface area contributed by atoms with Crippen molar-refractivity contribution in [3.63, 3.8) is 0 Å². The van der Waals surface area contributed by atoms with E-state index in [0.29, 0.717) is 45.9 Å². The summed E-state index contributed by atoms with van der Waals surface area (Å²) in [7, 11) is -2.23. The Bertz CT molecular complexity index is 1390. The monoisotopic (exact) mass is 490 g/mol. The van der Waals surface area contributed by atoms with Crippen LogP contribution in [0.4, 0.5) is 18.9 Å². The number of benzene rings is 1. The Morgan fingerprint density at radius 3 is 2.47 bits per heavy atom. The van der Waals surface area contributed by atoms with Gasteiger partial charge < -0.3 is 4.74 Å². The molecule has 0 saturated carbocycles. The molecule has 34 heavy (non-hydrogen) atoms. The average molecular weight is 491 g/mol. The van der Waals surface area contributed by atoms with Crippen molar-refractivity contribution in [3.05, 3.63) is 64.9 Å². The van der Waals surface area contributed by atoms with Gasteiger partial charge in [-0.2, -0.15) is 13.2 Å². The number of alkyl halides is 3. The number of rotatable bonds is 5. The van der Waals surface area contributed by atoms with Crippen LogP contribution in [0.3, 0.4) is 0 Å². The molecular formula is C23H21F3N4O3S. The molecule has 3 aromatic rings. The summed E-state index contributed by atoms with van der Waals surface area (Å²) < 4.78 is 70.3. The first kappa shape index (κ1) is 25.0. The van der Waals surface area contributed by atoms with Crippen molar-refractivity contribution < 1.29 is 26.3 Å². The zero-order valence-corrected chi connectivity index (χ0v) is 19.6. The van der Waals surface area contributed by atoms with E-state index in [0.717, 1.165) is 18.4 Å². The van der Waals surface area contributed by atoms with Crippen molar-refractivity contribution in [1.82, 2.24) is 15.0 Å². The Hall–Kier alpha value is -3.65. The lowest BCUT2D eigenvalue weighted by molar-refractivity contribution is -0.137. The van der Waals surface area contributed by atoms with E-state index < -0.39 is 21.8 Å². The Balaban J connectivity index is 2.14. The summed E-state index contributed by atoms with van der Waals surface area (Å²) in [5.74, 6) is 5.90. The van der Waals surface area contributed by atoms with Gasteiger partial charge in [0.25, 0.3) is 0 Å². The van der Waals surface area contributed by atoms with Crippen LogP contribution < -0.4 is 9.46 Å². The minimum Gasteiger partial charge on any atom is -0.496 e.